The summed E-state index contributed by atoms with van der Waals surface area (Å²) in [7, 11) is 1.61. The molecule has 0 aliphatic carbocycles. The summed E-state index contributed by atoms with van der Waals surface area (Å²) in [5.74, 6) is 2.54. The van der Waals surface area contributed by atoms with Gasteiger partial charge in [0.25, 0.3) is 5.89 Å². The lowest BCUT2D eigenvalue weighted by Crippen LogP contribution is -2.08. The Balaban J connectivity index is 2.10. The number of nitrogens with two attached hydrogens (primary N) is 1. The Labute approximate surface area is 124 Å². The van der Waals surface area contributed by atoms with Crippen molar-refractivity contribution in [1.82, 2.24) is 10.1 Å². The molecule has 0 unspecified atom stereocenters. The van der Waals surface area contributed by atoms with Crippen LogP contribution < -0.4 is 15.2 Å². The summed E-state index contributed by atoms with van der Waals surface area (Å²) < 4.78 is 16.1. The third-order valence-electron chi connectivity index (χ3n) is 3.05. The van der Waals surface area contributed by atoms with Crippen molar-refractivity contribution in [2.45, 2.75) is 39.3 Å². The van der Waals surface area contributed by atoms with Gasteiger partial charge in [0.1, 0.15) is 11.5 Å². The SMILES string of the molecule is CCCc1noc(COc2cc(OC)ccc2[C@@H](C)N)n1. The van der Waals surface area contributed by atoms with Gasteiger partial charge < -0.3 is 19.7 Å². The van der Waals surface area contributed by atoms with Crippen LogP contribution in [-0.4, -0.2) is 17.3 Å². The predicted octanol–water partition coefficient (Wildman–Crippen LogP) is 2.63. The highest BCUT2D eigenvalue weighted by molar-refractivity contribution is 5.42. The van der Waals surface area contributed by atoms with Gasteiger partial charge in [-0.05, 0) is 19.4 Å². The minimum absolute atomic E-state index is 0.135. The molecule has 6 heteroatoms. The quantitative estimate of drug-likeness (QED) is 0.844. The topological polar surface area (TPSA) is 83.4 Å². The molecule has 0 bridgehead atoms. The maximum atomic E-state index is 5.95. The van der Waals surface area contributed by atoms with Crippen molar-refractivity contribution in [3.8, 4) is 11.5 Å². The fourth-order valence-corrected chi connectivity index (χ4v) is 1.96. The van der Waals surface area contributed by atoms with Gasteiger partial charge in [-0.3, -0.25) is 0 Å². The smallest absolute Gasteiger partial charge is 0.264 e. The van der Waals surface area contributed by atoms with Crippen molar-refractivity contribution in [3.63, 3.8) is 0 Å². The first-order chi connectivity index (χ1) is 10.1. The molecule has 114 valence electrons. The van der Waals surface area contributed by atoms with Gasteiger partial charge in [-0.1, -0.05) is 18.1 Å². The van der Waals surface area contributed by atoms with Gasteiger partial charge in [0.2, 0.25) is 0 Å². The van der Waals surface area contributed by atoms with Crippen molar-refractivity contribution in [3.05, 3.63) is 35.5 Å². The zero-order valence-corrected chi connectivity index (χ0v) is 12.6. The fraction of sp³-hybridized carbons (Fsp3) is 0.467. The highest BCUT2D eigenvalue weighted by Crippen LogP contribution is 2.29. The van der Waals surface area contributed by atoms with Crippen LogP contribution in [0.1, 0.15) is 43.6 Å². The molecule has 6 nitrogen and oxygen atoms in total. The first-order valence-corrected chi connectivity index (χ1v) is 7.01. The van der Waals surface area contributed by atoms with E-state index in [2.05, 4.69) is 17.1 Å². The summed E-state index contributed by atoms with van der Waals surface area (Å²) in [6.07, 6.45) is 1.78. The van der Waals surface area contributed by atoms with E-state index in [1.165, 1.54) is 0 Å². The number of nitrogens with zero attached hydrogens (tertiary/aromatic N) is 2. The number of hydrogen-bond donors (Lipinski definition) is 1. The second-order valence-corrected chi connectivity index (χ2v) is 4.84. The van der Waals surface area contributed by atoms with Gasteiger partial charge in [-0.25, -0.2) is 0 Å². The number of benzene rings is 1. The van der Waals surface area contributed by atoms with Gasteiger partial charge in [0.05, 0.1) is 7.11 Å². The maximum Gasteiger partial charge on any atom is 0.264 e. The Morgan fingerprint density at radius 1 is 1.38 bits per heavy atom. The molecular weight excluding hydrogens is 270 g/mol. The van der Waals surface area contributed by atoms with E-state index in [-0.39, 0.29) is 12.6 Å². The monoisotopic (exact) mass is 291 g/mol. The fourth-order valence-electron chi connectivity index (χ4n) is 1.96. The molecule has 2 N–H and O–H groups in total. The highest BCUT2D eigenvalue weighted by Gasteiger charge is 2.12. The second-order valence-electron chi connectivity index (χ2n) is 4.84. The second kappa shape index (κ2) is 7.08. The number of hydrogen-bond acceptors (Lipinski definition) is 6. The number of rotatable bonds is 7. The van der Waals surface area contributed by atoms with Gasteiger partial charge >= 0.3 is 0 Å². The van der Waals surface area contributed by atoms with E-state index in [0.717, 1.165) is 18.4 Å². The van der Waals surface area contributed by atoms with Crippen LogP contribution in [0.2, 0.25) is 0 Å². The maximum absolute atomic E-state index is 5.95. The lowest BCUT2D eigenvalue weighted by molar-refractivity contribution is 0.239. The van der Waals surface area contributed by atoms with Crippen LogP contribution in [0, 0.1) is 0 Å². The van der Waals surface area contributed by atoms with Gasteiger partial charge in [0.15, 0.2) is 12.4 Å². The van der Waals surface area contributed by atoms with Crippen LogP contribution in [0.5, 0.6) is 11.5 Å². The number of aryl methyl sites for hydroxylation is 1. The van der Waals surface area contributed by atoms with E-state index >= 15 is 0 Å². The minimum Gasteiger partial charge on any atom is -0.497 e. The van der Waals surface area contributed by atoms with E-state index in [4.69, 9.17) is 19.7 Å². The molecule has 0 amide bonds. The van der Waals surface area contributed by atoms with Crippen LogP contribution >= 0.6 is 0 Å². The van der Waals surface area contributed by atoms with Gasteiger partial charge in [0, 0.05) is 24.1 Å². The molecule has 2 rings (SSSR count). The lowest BCUT2D eigenvalue weighted by atomic mass is 10.1. The molecule has 0 fully saturated rings. The Kier molecular flexibility index (Phi) is 5.16. The van der Waals surface area contributed by atoms with Gasteiger partial charge in [-0.15, -0.1) is 0 Å². The summed E-state index contributed by atoms with van der Waals surface area (Å²) in [5, 5.41) is 3.89. The molecule has 0 saturated heterocycles. The number of ether oxygens (including phenoxy) is 2. The Bertz CT molecular complexity index is 581. The standard InChI is InChI=1S/C15H21N3O3/c1-4-5-14-17-15(21-18-14)9-20-13-8-11(19-3)6-7-12(13)10(2)16/h6-8,10H,4-5,9,16H2,1-3H3/t10-/m1/s1. The van der Waals surface area contributed by atoms with E-state index < -0.39 is 0 Å². The third-order valence-corrected chi connectivity index (χ3v) is 3.05. The Morgan fingerprint density at radius 3 is 2.86 bits per heavy atom. The predicted molar refractivity (Wildman–Crippen MR) is 78.2 cm³/mol. The summed E-state index contributed by atoms with van der Waals surface area (Å²) in [6.45, 7) is 4.18. The first kappa shape index (κ1) is 15.3. The van der Waals surface area contributed by atoms with E-state index in [1.54, 1.807) is 7.11 Å². The van der Waals surface area contributed by atoms with E-state index in [1.807, 2.05) is 25.1 Å². The molecule has 1 heterocycles. The Morgan fingerprint density at radius 2 is 2.19 bits per heavy atom. The normalized spacial score (nSPS) is 12.2. The molecule has 1 aromatic heterocycles. The van der Waals surface area contributed by atoms with Crippen LogP contribution in [0.4, 0.5) is 0 Å². The van der Waals surface area contributed by atoms with Crippen molar-refractivity contribution in [2.24, 2.45) is 5.73 Å². The number of methoxy groups -OCH3 is 1. The zero-order chi connectivity index (χ0) is 15.2. The molecule has 1 aromatic carbocycles. The lowest BCUT2D eigenvalue weighted by Gasteiger charge is -2.14. The van der Waals surface area contributed by atoms with Crippen molar-refractivity contribution < 1.29 is 14.0 Å². The summed E-state index contributed by atoms with van der Waals surface area (Å²) in [5.41, 5.74) is 6.85. The molecule has 0 radical (unpaired) electrons. The first-order valence-electron chi connectivity index (χ1n) is 7.01. The molecular formula is C15H21N3O3. The van der Waals surface area contributed by atoms with Crippen molar-refractivity contribution in [2.75, 3.05) is 7.11 Å². The Hall–Kier alpha value is -2.08. The minimum atomic E-state index is -0.135. The number of aromatic nitrogens is 2. The van der Waals surface area contributed by atoms with Crippen LogP contribution in [0.15, 0.2) is 22.7 Å². The van der Waals surface area contributed by atoms with Crippen LogP contribution in [0.3, 0.4) is 0 Å². The highest BCUT2D eigenvalue weighted by atomic mass is 16.5. The summed E-state index contributed by atoms with van der Waals surface area (Å²) >= 11 is 0. The molecule has 21 heavy (non-hydrogen) atoms. The average molecular weight is 291 g/mol. The summed E-state index contributed by atoms with van der Waals surface area (Å²) in [6, 6.07) is 5.43. The zero-order valence-electron chi connectivity index (χ0n) is 12.6. The average Bonchev–Trinajstić information content (AvgIpc) is 2.92. The largest absolute Gasteiger partial charge is 0.497 e. The molecule has 0 spiro atoms. The van der Waals surface area contributed by atoms with Gasteiger partial charge in [-0.2, -0.15) is 4.98 Å². The van der Waals surface area contributed by atoms with E-state index in [9.17, 15) is 0 Å². The molecule has 0 saturated carbocycles. The van der Waals surface area contributed by atoms with Crippen molar-refractivity contribution in [1.29, 1.82) is 0 Å². The molecule has 0 aliphatic rings. The summed E-state index contributed by atoms with van der Waals surface area (Å²) in [4.78, 5) is 4.27. The molecule has 2 aromatic rings. The van der Waals surface area contributed by atoms with Crippen molar-refractivity contribution >= 4 is 0 Å². The molecule has 1 atom stereocenters. The molecule has 0 aliphatic heterocycles. The third kappa shape index (κ3) is 3.95. The van der Waals surface area contributed by atoms with Crippen LogP contribution in [0.25, 0.3) is 0 Å². The van der Waals surface area contributed by atoms with Crippen LogP contribution in [-0.2, 0) is 13.0 Å². The van der Waals surface area contributed by atoms with E-state index in [0.29, 0.717) is 23.2 Å².